The fourth-order valence-corrected chi connectivity index (χ4v) is 2.50. The summed E-state index contributed by atoms with van der Waals surface area (Å²) in [6.07, 6.45) is 9.13. The molecule has 142 valence electrons. The van der Waals surface area contributed by atoms with Crippen LogP contribution in [0.2, 0.25) is 0 Å². The number of hydrogen-bond donors (Lipinski definition) is 2. The van der Waals surface area contributed by atoms with Gasteiger partial charge in [0, 0.05) is 13.0 Å². The van der Waals surface area contributed by atoms with Gasteiger partial charge in [-0.25, -0.2) is 4.79 Å². The predicted octanol–water partition coefficient (Wildman–Crippen LogP) is 4.12. The summed E-state index contributed by atoms with van der Waals surface area (Å²) in [5, 5.41) is 19.5. The van der Waals surface area contributed by atoms with E-state index in [1.807, 2.05) is 6.08 Å². The van der Waals surface area contributed by atoms with Gasteiger partial charge in [0.1, 0.15) is 0 Å². The number of para-hydroxylation sites is 1. The van der Waals surface area contributed by atoms with E-state index in [9.17, 15) is 9.90 Å². The molecule has 2 rings (SSSR count). The van der Waals surface area contributed by atoms with Gasteiger partial charge in [0.15, 0.2) is 17.1 Å². The summed E-state index contributed by atoms with van der Waals surface area (Å²) in [7, 11) is 0. The summed E-state index contributed by atoms with van der Waals surface area (Å²) in [6, 6.07) is 4.94. The van der Waals surface area contributed by atoms with Crippen molar-refractivity contribution in [2.24, 2.45) is 0 Å². The average Bonchev–Trinajstić information content (AvgIpc) is 2.64. The van der Waals surface area contributed by atoms with Gasteiger partial charge in [-0.1, -0.05) is 32.3 Å². The molecule has 0 saturated carbocycles. The molecule has 0 fully saturated rings. The smallest absolute Gasteiger partial charge is 0.383 e. The van der Waals surface area contributed by atoms with Crippen LogP contribution in [0.15, 0.2) is 39.7 Å². The van der Waals surface area contributed by atoms with Crippen molar-refractivity contribution in [1.82, 2.24) is 0 Å². The van der Waals surface area contributed by atoms with E-state index in [4.69, 9.17) is 19.0 Å². The Labute approximate surface area is 152 Å². The van der Waals surface area contributed by atoms with Gasteiger partial charge < -0.3 is 24.1 Å². The van der Waals surface area contributed by atoms with Crippen molar-refractivity contribution < 1.29 is 24.1 Å². The molecule has 1 aromatic heterocycles. The lowest BCUT2D eigenvalue weighted by molar-refractivity contribution is 0.233. The standard InChI is InChI=1S/C20H26O6/c1-2-3-4-5-6-7-13-25-19-17(22)15-10-8-11-16(24-14-9-12-21)18(15)26-20(19)23/h7-8,10-11,13,21-22H,2-6,9,12,14H2,1H3/b13-7+. The molecular weight excluding hydrogens is 336 g/mol. The molecule has 0 aliphatic carbocycles. The number of ether oxygens (including phenoxy) is 2. The van der Waals surface area contributed by atoms with E-state index in [0.717, 1.165) is 19.3 Å². The number of aliphatic hydroxyl groups excluding tert-OH is 1. The van der Waals surface area contributed by atoms with Crippen molar-refractivity contribution in [3.8, 4) is 17.2 Å². The van der Waals surface area contributed by atoms with Crippen LogP contribution in [0.1, 0.15) is 45.4 Å². The molecule has 1 heterocycles. The average molecular weight is 362 g/mol. The second-order valence-corrected chi connectivity index (χ2v) is 5.96. The molecule has 0 amide bonds. The van der Waals surface area contributed by atoms with Crippen molar-refractivity contribution in [1.29, 1.82) is 0 Å². The van der Waals surface area contributed by atoms with E-state index in [1.165, 1.54) is 19.1 Å². The first-order valence-corrected chi connectivity index (χ1v) is 9.03. The summed E-state index contributed by atoms with van der Waals surface area (Å²) in [5.74, 6) is -0.185. The summed E-state index contributed by atoms with van der Waals surface area (Å²) in [4.78, 5) is 12.2. The number of rotatable bonds is 11. The minimum Gasteiger partial charge on any atom is -0.504 e. The third kappa shape index (κ3) is 5.26. The fourth-order valence-electron chi connectivity index (χ4n) is 2.50. The molecule has 0 atom stereocenters. The van der Waals surface area contributed by atoms with E-state index < -0.39 is 5.63 Å². The molecule has 1 aromatic carbocycles. The Kier molecular flexibility index (Phi) is 8.02. The van der Waals surface area contributed by atoms with Gasteiger partial charge in [-0.05, 0) is 31.1 Å². The molecule has 0 spiro atoms. The van der Waals surface area contributed by atoms with Crippen LogP contribution in [0.25, 0.3) is 11.0 Å². The molecule has 26 heavy (non-hydrogen) atoms. The molecular formula is C20H26O6. The summed E-state index contributed by atoms with van der Waals surface area (Å²) in [6.45, 7) is 2.44. The minimum atomic E-state index is -0.774. The van der Waals surface area contributed by atoms with Crippen molar-refractivity contribution in [2.45, 2.75) is 45.4 Å². The van der Waals surface area contributed by atoms with Gasteiger partial charge in [-0.15, -0.1) is 0 Å². The molecule has 2 N–H and O–H groups in total. The van der Waals surface area contributed by atoms with Crippen molar-refractivity contribution in [2.75, 3.05) is 13.2 Å². The van der Waals surface area contributed by atoms with E-state index in [1.54, 1.807) is 18.2 Å². The molecule has 0 bridgehead atoms. The first-order chi connectivity index (χ1) is 12.7. The number of aliphatic hydroxyl groups is 1. The van der Waals surface area contributed by atoms with Crippen LogP contribution >= 0.6 is 0 Å². The molecule has 2 aromatic rings. The van der Waals surface area contributed by atoms with Gasteiger partial charge in [0.2, 0.25) is 0 Å². The Morgan fingerprint density at radius 1 is 1.19 bits per heavy atom. The van der Waals surface area contributed by atoms with E-state index in [2.05, 4.69) is 6.92 Å². The number of hydrogen-bond acceptors (Lipinski definition) is 6. The quantitative estimate of drug-likeness (QED) is 0.355. The number of allylic oxidation sites excluding steroid dienone is 1. The Balaban J connectivity index is 2.14. The van der Waals surface area contributed by atoms with Crippen LogP contribution in [0.3, 0.4) is 0 Å². The van der Waals surface area contributed by atoms with Crippen LogP contribution in [-0.4, -0.2) is 23.4 Å². The van der Waals surface area contributed by atoms with Crippen molar-refractivity contribution in [3.05, 3.63) is 41.0 Å². The van der Waals surface area contributed by atoms with Crippen molar-refractivity contribution >= 4 is 11.0 Å². The number of unbranched alkanes of at least 4 members (excludes halogenated alkanes) is 4. The largest absolute Gasteiger partial charge is 0.504 e. The zero-order valence-electron chi connectivity index (χ0n) is 15.1. The van der Waals surface area contributed by atoms with Crippen LogP contribution in [-0.2, 0) is 0 Å². The number of fused-ring (bicyclic) bond motifs is 1. The topological polar surface area (TPSA) is 89.1 Å². The summed E-state index contributed by atoms with van der Waals surface area (Å²) < 4.78 is 16.1. The van der Waals surface area contributed by atoms with E-state index in [0.29, 0.717) is 17.6 Å². The lowest BCUT2D eigenvalue weighted by atomic mass is 10.1. The fraction of sp³-hybridized carbons (Fsp3) is 0.450. The third-order valence-electron chi connectivity index (χ3n) is 3.90. The van der Waals surface area contributed by atoms with Crippen LogP contribution < -0.4 is 15.1 Å². The zero-order valence-corrected chi connectivity index (χ0v) is 15.1. The Morgan fingerprint density at radius 2 is 2.04 bits per heavy atom. The van der Waals surface area contributed by atoms with Gasteiger partial charge in [0.05, 0.1) is 18.3 Å². The van der Waals surface area contributed by atoms with Crippen LogP contribution in [0, 0.1) is 0 Å². The normalized spacial score (nSPS) is 11.3. The molecule has 0 radical (unpaired) electrons. The second kappa shape index (κ2) is 10.5. The Morgan fingerprint density at radius 3 is 2.81 bits per heavy atom. The maximum absolute atomic E-state index is 12.2. The molecule has 0 aliphatic rings. The maximum Gasteiger partial charge on any atom is 0.383 e. The lowest BCUT2D eigenvalue weighted by Crippen LogP contribution is -2.05. The van der Waals surface area contributed by atoms with E-state index in [-0.39, 0.29) is 30.3 Å². The van der Waals surface area contributed by atoms with Crippen LogP contribution in [0.4, 0.5) is 0 Å². The van der Waals surface area contributed by atoms with Gasteiger partial charge >= 0.3 is 5.63 Å². The minimum absolute atomic E-state index is 0.00271. The van der Waals surface area contributed by atoms with E-state index >= 15 is 0 Å². The zero-order chi connectivity index (χ0) is 18.8. The highest BCUT2D eigenvalue weighted by molar-refractivity contribution is 5.89. The Bertz CT molecular complexity index is 778. The first kappa shape index (κ1) is 19.8. The molecule has 0 saturated heterocycles. The molecule has 6 heteroatoms. The highest BCUT2D eigenvalue weighted by Crippen LogP contribution is 2.35. The number of aromatic hydroxyl groups is 1. The monoisotopic (exact) mass is 362 g/mol. The van der Waals surface area contributed by atoms with Gasteiger partial charge in [-0.3, -0.25) is 0 Å². The molecule has 0 aliphatic heterocycles. The Hall–Kier alpha value is -2.47. The highest BCUT2D eigenvalue weighted by atomic mass is 16.5. The van der Waals surface area contributed by atoms with Gasteiger partial charge in [0.25, 0.3) is 5.75 Å². The van der Waals surface area contributed by atoms with Crippen LogP contribution in [0.5, 0.6) is 17.2 Å². The SMILES string of the molecule is CCCCCC/C=C/Oc1c(O)c2cccc(OCCCO)c2oc1=O. The molecule has 6 nitrogen and oxygen atoms in total. The highest BCUT2D eigenvalue weighted by Gasteiger charge is 2.17. The molecule has 0 unspecified atom stereocenters. The predicted molar refractivity (Wildman–Crippen MR) is 99.9 cm³/mol. The summed E-state index contributed by atoms with van der Waals surface area (Å²) >= 11 is 0. The lowest BCUT2D eigenvalue weighted by Gasteiger charge is -2.09. The maximum atomic E-state index is 12.2. The summed E-state index contributed by atoms with van der Waals surface area (Å²) in [5.41, 5.74) is -0.618. The third-order valence-corrected chi connectivity index (χ3v) is 3.90. The number of benzene rings is 1. The van der Waals surface area contributed by atoms with Gasteiger partial charge in [-0.2, -0.15) is 0 Å². The second-order valence-electron chi connectivity index (χ2n) is 5.96. The van der Waals surface area contributed by atoms with Crippen molar-refractivity contribution in [3.63, 3.8) is 0 Å². The first-order valence-electron chi connectivity index (χ1n) is 9.03.